The van der Waals surface area contributed by atoms with Crippen molar-refractivity contribution < 1.29 is 76.9 Å². The van der Waals surface area contributed by atoms with E-state index >= 15 is 0 Å². The molecule has 16 heteroatoms. The van der Waals surface area contributed by atoms with Gasteiger partial charge < -0.3 is 52.9 Å². The summed E-state index contributed by atoms with van der Waals surface area (Å²) >= 11 is 0. The Kier molecular flexibility index (Phi) is 19.0. The molecule has 284 valence electrons. The average Bonchev–Trinajstić information content (AvgIpc) is 4.06. The van der Waals surface area contributed by atoms with Gasteiger partial charge in [-0.2, -0.15) is 0 Å². The first-order valence-corrected chi connectivity index (χ1v) is 17.0. The molecule has 2 heterocycles. The van der Waals surface area contributed by atoms with Gasteiger partial charge in [0, 0.05) is 42.4 Å². The van der Waals surface area contributed by atoms with Gasteiger partial charge in [-0.25, -0.2) is 0 Å². The average molecular weight is 725 g/mol. The molecule has 0 aliphatic carbocycles. The van der Waals surface area contributed by atoms with E-state index in [1.165, 1.54) is 25.1 Å². The highest BCUT2D eigenvalue weighted by Gasteiger charge is 2.24. The summed E-state index contributed by atoms with van der Waals surface area (Å²) in [5.74, 6) is -3.35. The van der Waals surface area contributed by atoms with Crippen LogP contribution in [0.5, 0.6) is 0 Å². The Morgan fingerprint density at radius 2 is 1.08 bits per heavy atom. The van der Waals surface area contributed by atoms with Crippen molar-refractivity contribution in [2.24, 2.45) is 0 Å². The van der Waals surface area contributed by atoms with Crippen molar-refractivity contribution in [2.75, 3.05) is 79.3 Å². The van der Waals surface area contributed by atoms with Gasteiger partial charge in [0.05, 0.1) is 78.9 Å². The molecule has 4 unspecified atom stereocenters. The quantitative estimate of drug-likeness (QED) is 0.0485. The molecule has 0 bridgehead atoms. The second-order valence-electron chi connectivity index (χ2n) is 12.1. The third-order valence-electron chi connectivity index (χ3n) is 7.41. The number of benzene rings is 1. The lowest BCUT2D eigenvalue weighted by atomic mass is 9.92. The van der Waals surface area contributed by atoms with E-state index in [0.717, 1.165) is 0 Å². The Labute approximate surface area is 295 Å². The van der Waals surface area contributed by atoms with Gasteiger partial charge in [0.1, 0.15) is 43.4 Å². The van der Waals surface area contributed by atoms with Gasteiger partial charge in [-0.3, -0.25) is 24.0 Å². The molecule has 2 aliphatic rings. The monoisotopic (exact) mass is 724 g/mol. The van der Waals surface area contributed by atoms with E-state index in [9.17, 15) is 39.0 Å². The Morgan fingerprint density at radius 1 is 0.627 bits per heavy atom. The highest BCUT2D eigenvalue weighted by atomic mass is 16.6. The first kappa shape index (κ1) is 41.9. The Balaban J connectivity index is 1.44. The maximum absolute atomic E-state index is 13.3. The number of ketones is 4. The summed E-state index contributed by atoms with van der Waals surface area (Å²) in [5, 5.41) is 20.0. The van der Waals surface area contributed by atoms with Crippen LogP contribution in [0, 0.1) is 0 Å². The fraction of sp³-hybridized carbons (Fsp3) is 0.657. The van der Waals surface area contributed by atoms with Crippen molar-refractivity contribution in [3.8, 4) is 0 Å². The fourth-order valence-electron chi connectivity index (χ4n) is 4.38. The van der Waals surface area contributed by atoms with E-state index in [1.807, 2.05) is 0 Å². The van der Waals surface area contributed by atoms with Gasteiger partial charge in [-0.05, 0) is 19.1 Å². The van der Waals surface area contributed by atoms with Crippen LogP contribution in [0.15, 0.2) is 18.2 Å². The highest BCUT2D eigenvalue weighted by Crippen LogP contribution is 2.20. The van der Waals surface area contributed by atoms with Gasteiger partial charge in [0.2, 0.25) is 0 Å². The maximum atomic E-state index is 13.3. The van der Waals surface area contributed by atoms with Crippen molar-refractivity contribution in [3.63, 3.8) is 0 Å². The van der Waals surface area contributed by atoms with Gasteiger partial charge in [-0.15, -0.1) is 0 Å². The van der Waals surface area contributed by atoms with Crippen LogP contribution in [0.1, 0.15) is 76.5 Å². The van der Waals surface area contributed by atoms with Crippen LogP contribution in [0.25, 0.3) is 0 Å². The van der Waals surface area contributed by atoms with Crippen LogP contribution in [-0.2, 0) is 52.3 Å². The lowest BCUT2D eigenvalue weighted by Crippen LogP contribution is -2.25. The maximum Gasteiger partial charge on any atom is 0.306 e. The number of hydrogen-bond donors (Lipinski definition) is 2. The number of Topliss-reactive ketones (excluding diaryl/α,β-unsaturated/α-hetero) is 4. The third-order valence-corrected chi connectivity index (χ3v) is 7.41. The number of aliphatic hydroxyl groups excluding tert-OH is 2. The van der Waals surface area contributed by atoms with Crippen LogP contribution in [0.4, 0.5) is 0 Å². The number of esters is 2. The zero-order chi connectivity index (χ0) is 37.0. The van der Waals surface area contributed by atoms with E-state index in [1.54, 1.807) is 0 Å². The van der Waals surface area contributed by atoms with Crippen molar-refractivity contribution in [1.82, 2.24) is 0 Å². The summed E-state index contributed by atoms with van der Waals surface area (Å²) in [5.41, 5.74) is -0.0819. The standard InChI is InChI=1S/C35H48O16/c1-23(36)2-5-31(39)24-3-4-29(32(40)6-8-34(42)50-17-25(37)15-44-10-12-46-19-27-21-48-27)30(14-24)33(41)7-9-35(43)51-18-26(38)16-45-11-13-47-20-28-22-49-28/h3-4,14,25-28,37-38H,2,5-13,15-22H2,1H3. The number of ether oxygens (including phenoxy) is 8. The lowest BCUT2D eigenvalue weighted by molar-refractivity contribution is -0.148. The Bertz CT molecular complexity index is 1300. The Morgan fingerprint density at radius 3 is 1.55 bits per heavy atom. The number of aliphatic hydroxyl groups is 2. The molecule has 0 radical (unpaired) electrons. The molecule has 1 aromatic carbocycles. The predicted molar refractivity (Wildman–Crippen MR) is 175 cm³/mol. The molecule has 3 rings (SSSR count). The van der Waals surface area contributed by atoms with Crippen LogP contribution >= 0.6 is 0 Å². The smallest absolute Gasteiger partial charge is 0.306 e. The van der Waals surface area contributed by atoms with Gasteiger partial charge >= 0.3 is 11.9 Å². The summed E-state index contributed by atoms with van der Waals surface area (Å²) in [6, 6.07) is 3.90. The van der Waals surface area contributed by atoms with Crippen molar-refractivity contribution in [3.05, 3.63) is 34.9 Å². The summed E-state index contributed by atoms with van der Waals surface area (Å²) in [6.07, 6.45) is -3.44. The molecule has 0 aromatic heterocycles. The van der Waals surface area contributed by atoms with E-state index < -0.39 is 41.5 Å². The highest BCUT2D eigenvalue weighted by molar-refractivity contribution is 6.11. The molecule has 4 atom stereocenters. The molecule has 2 aliphatic heterocycles. The normalized spacial score (nSPS) is 17.3. The summed E-state index contributed by atoms with van der Waals surface area (Å²) in [6.45, 7) is 3.89. The van der Waals surface area contributed by atoms with Gasteiger partial charge in [-0.1, -0.05) is 6.07 Å². The van der Waals surface area contributed by atoms with Crippen LogP contribution in [-0.4, -0.2) is 149 Å². The minimum Gasteiger partial charge on any atom is -0.463 e. The molecule has 2 saturated heterocycles. The molecule has 51 heavy (non-hydrogen) atoms. The molecule has 0 spiro atoms. The largest absolute Gasteiger partial charge is 0.463 e. The van der Waals surface area contributed by atoms with E-state index in [-0.39, 0.29) is 113 Å². The topological polar surface area (TPSA) is 223 Å². The number of carbonyl (C=O) groups is 6. The predicted octanol–water partition coefficient (Wildman–Crippen LogP) is 0.837. The number of epoxide rings is 2. The van der Waals surface area contributed by atoms with Crippen molar-refractivity contribution in [2.45, 2.75) is 69.9 Å². The third kappa shape index (κ3) is 18.5. The van der Waals surface area contributed by atoms with Gasteiger partial charge in [0.25, 0.3) is 0 Å². The molecule has 0 amide bonds. The summed E-state index contributed by atoms with van der Waals surface area (Å²) < 4.78 is 41.3. The number of hydrogen-bond acceptors (Lipinski definition) is 16. The number of rotatable bonds is 30. The number of carbonyl (C=O) groups excluding carboxylic acids is 6. The second kappa shape index (κ2) is 23.2. The van der Waals surface area contributed by atoms with Crippen molar-refractivity contribution in [1.29, 1.82) is 0 Å². The summed E-state index contributed by atoms with van der Waals surface area (Å²) in [7, 11) is 0. The Hall–Kier alpha value is -3.48. The molecule has 2 N–H and O–H groups in total. The molecule has 2 fully saturated rings. The minimum absolute atomic E-state index is 0.00270. The van der Waals surface area contributed by atoms with Crippen LogP contribution < -0.4 is 0 Å². The fourth-order valence-corrected chi connectivity index (χ4v) is 4.38. The second-order valence-corrected chi connectivity index (χ2v) is 12.1. The first-order valence-electron chi connectivity index (χ1n) is 17.0. The van der Waals surface area contributed by atoms with Crippen LogP contribution in [0.2, 0.25) is 0 Å². The first-order chi connectivity index (χ1) is 24.5. The zero-order valence-corrected chi connectivity index (χ0v) is 28.9. The van der Waals surface area contributed by atoms with E-state index in [0.29, 0.717) is 39.6 Å². The molecular formula is C35H48O16. The zero-order valence-electron chi connectivity index (χ0n) is 28.9. The molecule has 16 nitrogen and oxygen atoms in total. The van der Waals surface area contributed by atoms with Crippen molar-refractivity contribution >= 4 is 35.1 Å². The van der Waals surface area contributed by atoms with E-state index in [2.05, 4.69) is 0 Å². The summed E-state index contributed by atoms with van der Waals surface area (Å²) in [4.78, 5) is 75.1. The van der Waals surface area contributed by atoms with Gasteiger partial charge in [0.15, 0.2) is 17.3 Å². The minimum atomic E-state index is -1.10. The molecular weight excluding hydrogens is 676 g/mol. The van der Waals surface area contributed by atoms with Crippen LogP contribution in [0.3, 0.4) is 0 Å². The van der Waals surface area contributed by atoms with E-state index in [4.69, 9.17) is 37.9 Å². The molecule has 0 saturated carbocycles. The lowest BCUT2D eigenvalue weighted by Gasteiger charge is -2.13. The SMILES string of the molecule is CC(=O)CCC(=O)c1ccc(C(=O)CCC(=O)OCC(O)COCCOCC2CO2)c(C(=O)CCC(=O)OCC(O)COCCOCC2CO2)c1. The molecule has 1 aromatic rings.